The second-order valence-electron chi connectivity index (χ2n) is 4.41. The average Bonchev–Trinajstić information content (AvgIpc) is 2.50. The molecule has 1 aromatic carbocycles. The highest BCUT2D eigenvalue weighted by atomic mass is 16.5. The van der Waals surface area contributed by atoms with Gasteiger partial charge in [0.1, 0.15) is 5.75 Å². The van der Waals surface area contributed by atoms with E-state index in [9.17, 15) is 9.59 Å². The third-order valence-corrected chi connectivity index (χ3v) is 2.82. The van der Waals surface area contributed by atoms with Crippen LogP contribution in [0.15, 0.2) is 24.3 Å². The fourth-order valence-electron chi connectivity index (χ4n) is 1.67. The fourth-order valence-corrected chi connectivity index (χ4v) is 1.67. The molecule has 0 amide bonds. The summed E-state index contributed by atoms with van der Waals surface area (Å²) in [6.45, 7) is 2.37. The van der Waals surface area contributed by atoms with Crippen LogP contribution in [0.5, 0.6) is 5.75 Å². The highest BCUT2D eigenvalue weighted by molar-refractivity contribution is 5.86. The van der Waals surface area contributed by atoms with Crippen LogP contribution in [0.3, 0.4) is 0 Å². The summed E-state index contributed by atoms with van der Waals surface area (Å²) in [5.74, 6) is 0.129. The first-order valence-corrected chi connectivity index (χ1v) is 6.63. The minimum Gasteiger partial charge on any atom is -0.493 e. The molecule has 5 nitrogen and oxygen atoms in total. The Balaban J connectivity index is 2.52. The molecule has 114 valence electrons. The van der Waals surface area contributed by atoms with Crippen molar-refractivity contribution in [1.82, 2.24) is 0 Å². The van der Waals surface area contributed by atoms with Gasteiger partial charge in [-0.25, -0.2) is 4.79 Å². The van der Waals surface area contributed by atoms with Gasteiger partial charge in [0.2, 0.25) is 0 Å². The maximum Gasteiger partial charge on any atom is 0.330 e. The molecule has 5 heteroatoms. The molecule has 0 aromatic heterocycles. The second kappa shape index (κ2) is 8.79. The van der Waals surface area contributed by atoms with Crippen molar-refractivity contribution in [3.8, 4) is 5.75 Å². The van der Waals surface area contributed by atoms with Crippen molar-refractivity contribution in [2.45, 2.75) is 19.8 Å². The predicted molar refractivity (Wildman–Crippen MR) is 79.0 cm³/mol. The molecule has 0 saturated heterocycles. The molecule has 0 aliphatic carbocycles. The summed E-state index contributed by atoms with van der Waals surface area (Å²) in [6.07, 6.45) is 4.00. The Bertz CT molecular complexity index is 519. The van der Waals surface area contributed by atoms with Crippen LogP contribution < -0.4 is 4.74 Å². The van der Waals surface area contributed by atoms with Gasteiger partial charge in [-0.3, -0.25) is 4.79 Å². The first-order valence-electron chi connectivity index (χ1n) is 6.63. The second-order valence-corrected chi connectivity index (χ2v) is 4.41. The monoisotopic (exact) mass is 292 g/mol. The zero-order chi connectivity index (χ0) is 15.7. The molecule has 0 N–H and O–H groups in total. The summed E-state index contributed by atoms with van der Waals surface area (Å²) in [4.78, 5) is 22.0. The molecule has 0 atom stereocenters. The first kappa shape index (κ1) is 16.8. The van der Waals surface area contributed by atoms with Crippen molar-refractivity contribution in [2.75, 3.05) is 20.8 Å². The highest BCUT2D eigenvalue weighted by Crippen LogP contribution is 2.20. The Kier molecular flexibility index (Phi) is 7.01. The van der Waals surface area contributed by atoms with E-state index in [1.807, 2.05) is 25.1 Å². The van der Waals surface area contributed by atoms with Crippen molar-refractivity contribution < 1.29 is 23.8 Å². The van der Waals surface area contributed by atoms with E-state index in [1.54, 1.807) is 6.08 Å². The molecule has 0 saturated carbocycles. The summed E-state index contributed by atoms with van der Waals surface area (Å²) in [6, 6.07) is 5.60. The minimum atomic E-state index is -0.393. The fraction of sp³-hybridized carbons (Fsp3) is 0.375. The van der Waals surface area contributed by atoms with Crippen LogP contribution in [-0.4, -0.2) is 32.8 Å². The smallest absolute Gasteiger partial charge is 0.330 e. The van der Waals surface area contributed by atoms with Gasteiger partial charge in [-0.1, -0.05) is 6.07 Å². The van der Waals surface area contributed by atoms with Crippen molar-refractivity contribution in [3.63, 3.8) is 0 Å². The van der Waals surface area contributed by atoms with E-state index < -0.39 is 5.97 Å². The van der Waals surface area contributed by atoms with E-state index in [4.69, 9.17) is 4.74 Å². The van der Waals surface area contributed by atoms with Crippen LogP contribution in [0.2, 0.25) is 0 Å². The predicted octanol–water partition coefficient (Wildman–Crippen LogP) is 2.51. The maximum atomic E-state index is 11.0. The zero-order valence-corrected chi connectivity index (χ0v) is 12.5. The van der Waals surface area contributed by atoms with Crippen molar-refractivity contribution in [3.05, 3.63) is 35.4 Å². The lowest BCUT2D eigenvalue weighted by Gasteiger charge is -2.09. The minimum absolute atomic E-state index is 0.237. The number of esters is 2. The van der Waals surface area contributed by atoms with Gasteiger partial charge in [-0.15, -0.1) is 0 Å². The number of hydrogen-bond acceptors (Lipinski definition) is 5. The number of hydrogen-bond donors (Lipinski definition) is 0. The molecule has 0 radical (unpaired) electrons. The molecule has 0 heterocycles. The summed E-state index contributed by atoms with van der Waals surface area (Å²) in [5, 5.41) is 0. The lowest BCUT2D eigenvalue weighted by atomic mass is 10.1. The van der Waals surface area contributed by atoms with Crippen LogP contribution in [0.25, 0.3) is 6.08 Å². The summed E-state index contributed by atoms with van der Waals surface area (Å²) >= 11 is 0. The molecule has 0 unspecified atom stereocenters. The van der Waals surface area contributed by atoms with E-state index in [0.29, 0.717) is 19.4 Å². The Morgan fingerprint density at radius 3 is 2.57 bits per heavy atom. The number of rotatable bonds is 7. The van der Waals surface area contributed by atoms with Gasteiger partial charge in [0.25, 0.3) is 0 Å². The van der Waals surface area contributed by atoms with E-state index in [2.05, 4.69) is 9.47 Å². The molecule has 0 spiro atoms. The van der Waals surface area contributed by atoms with E-state index in [-0.39, 0.29) is 5.97 Å². The lowest BCUT2D eigenvalue weighted by molar-refractivity contribution is -0.140. The Morgan fingerprint density at radius 2 is 1.95 bits per heavy atom. The van der Waals surface area contributed by atoms with Crippen LogP contribution >= 0.6 is 0 Å². The number of carbonyl (C=O) groups is 2. The van der Waals surface area contributed by atoms with Gasteiger partial charge < -0.3 is 14.2 Å². The van der Waals surface area contributed by atoms with Gasteiger partial charge in [0.15, 0.2) is 0 Å². The third-order valence-electron chi connectivity index (χ3n) is 2.82. The molecule has 0 aliphatic heterocycles. The molecule has 0 bridgehead atoms. The maximum absolute atomic E-state index is 11.0. The normalized spacial score (nSPS) is 10.4. The van der Waals surface area contributed by atoms with Crippen molar-refractivity contribution in [2.24, 2.45) is 0 Å². The molecule has 1 aromatic rings. The van der Waals surface area contributed by atoms with E-state index in [1.165, 1.54) is 20.3 Å². The summed E-state index contributed by atoms with van der Waals surface area (Å²) < 4.78 is 14.7. The lowest BCUT2D eigenvalue weighted by Crippen LogP contribution is -2.05. The van der Waals surface area contributed by atoms with E-state index in [0.717, 1.165) is 16.9 Å². The summed E-state index contributed by atoms with van der Waals surface area (Å²) in [5.41, 5.74) is 1.85. The largest absolute Gasteiger partial charge is 0.493 e. The van der Waals surface area contributed by atoms with E-state index >= 15 is 0 Å². The van der Waals surface area contributed by atoms with Gasteiger partial charge in [-0.05, 0) is 42.7 Å². The number of ether oxygens (including phenoxy) is 3. The molecule has 0 fully saturated rings. The molecular weight excluding hydrogens is 272 g/mol. The SMILES string of the molecule is COC(=O)/C=C/c1ccc(OCCCC(=O)OC)c(C)c1. The first-order chi connectivity index (χ1) is 10.1. The van der Waals surface area contributed by atoms with Gasteiger partial charge in [0.05, 0.1) is 20.8 Å². The molecule has 21 heavy (non-hydrogen) atoms. The number of benzene rings is 1. The molecule has 1 rings (SSSR count). The molecule has 0 aliphatic rings. The van der Waals surface area contributed by atoms with Gasteiger partial charge in [-0.2, -0.15) is 0 Å². The Hall–Kier alpha value is -2.30. The molecular formula is C16H20O5. The number of carbonyl (C=O) groups excluding carboxylic acids is 2. The van der Waals surface area contributed by atoms with Crippen molar-refractivity contribution >= 4 is 18.0 Å². The number of aryl methyl sites for hydroxylation is 1. The number of methoxy groups -OCH3 is 2. The van der Waals surface area contributed by atoms with Gasteiger partial charge >= 0.3 is 11.9 Å². The highest BCUT2D eigenvalue weighted by Gasteiger charge is 2.03. The van der Waals surface area contributed by atoms with Crippen LogP contribution in [-0.2, 0) is 19.1 Å². The average molecular weight is 292 g/mol. The van der Waals surface area contributed by atoms with Crippen LogP contribution in [0, 0.1) is 6.92 Å². The van der Waals surface area contributed by atoms with Crippen LogP contribution in [0.4, 0.5) is 0 Å². The Morgan fingerprint density at radius 1 is 1.19 bits per heavy atom. The standard InChI is InChI=1S/C16H20O5/c1-12-11-13(7-9-16(18)20-3)6-8-14(12)21-10-4-5-15(17)19-2/h6-9,11H,4-5,10H2,1-3H3/b9-7+. The Labute approximate surface area is 124 Å². The quantitative estimate of drug-likeness (QED) is 0.439. The van der Waals surface area contributed by atoms with Crippen molar-refractivity contribution in [1.29, 1.82) is 0 Å². The zero-order valence-electron chi connectivity index (χ0n) is 12.5. The third kappa shape index (κ3) is 6.12. The van der Waals surface area contributed by atoms with Crippen LogP contribution in [0.1, 0.15) is 24.0 Å². The summed E-state index contributed by atoms with van der Waals surface area (Å²) in [7, 11) is 2.71. The topological polar surface area (TPSA) is 61.8 Å². The van der Waals surface area contributed by atoms with Gasteiger partial charge in [0, 0.05) is 12.5 Å².